The van der Waals surface area contributed by atoms with Crippen LogP contribution >= 0.6 is 0 Å². The SMILES string of the molecule is Cc1ccc(-c2nc(C3CCOCC3)cc3ccccc23)cc1. The summed E-state index contributed by atoms with van der Waals surface area (Å²) in [5.41, 5.74) is 4.78. The summed E-state index contributed by atoms with van der Waals surface area (Å²) in [6, 6.07) is 19.5. The van der Waals surface area contributed by atoms with E-state index in [-0.39, 0.29) is 0 Å². The minimum absolute atomic E-state index is 0.512. The van der Waals surface area contributed by atoms with Crippen LogP contribution in [0.25, 0.3) is 22.0 Å². The Kier molecular flexibility index (Phi) is 3.84. The van der Waals surface area contributed by atoms with Crippen molar-refractivity contribution in [1.82, 2.24) is 4.98 Å². The molecular formula is C21H21NO. The number of benzene rings is 2. The van der Waals surface area contributed by atoms with Crippen LogP contribution in [0, 0.1) is 6.92 Å². The molecule has 0 atom stereocenters. The van der Waals surface area contributed by atoms with Crippen molar-refractivity contribution in [3.05, 3.63) is 65.9 Å². The van der Waals surface area contributed by atoms with E-state index in [1.807, 2.05) is 0 Å². The maximum atomic E-state index is 5.51. The van der Waals surface area contributed by atoms with Gasteiger partial charge < -0.3 is 4.74 Å². The van der Waals surface area contributed by atoms with Crippen molar-refractivity contribution in [1.29, 1.82) is 0 Å². The van der Waals surface area contributed by atoms with Crippen LogP contribution in [0.1, 0.15) is 30.0 Å². The number of fused-ring (bicyclic) bond motifs is 1. The Balaban J connectivity index is 1.88. The first kappa shape index (κ1) is 14.4. The Labute approximate surface area is 137 Å². The average Bonchev–Trinajstić information content (AvgIpc) is 2.62. The highest BCUT2D eigenvalue weighted by atomic mass is 16.5. The lowest BCUT2D eigenvalue weighted by atomic mass is 9.93. The zero-order chi connectivity index (χ0) is 15.6. The minimum atomic E-state index is 0.512. The van der Waals surface area contributed by atoms with Crippen LogP contribution in [0.2, 0.25) is 0 Å². The predicted molar refractivity (Wildman–Crippen MR) is 94.7 cm³/mol. The lowest BCUT2D eigenvalue weighted by molar-refractivity contribution is 0.0845. The molecule has 2 aromatic carbocycles. The van der Waals surface area contributed by atoms with Crippen LogP contribution in [0.5, 0.6) is 0 Å². The van der Waals surface area contributed by atoms with Gasteiger partial charge in [0.15, 0.2) is 0 Å². The first-order valence-corrected chi connectivity index (χ1v) is 8.36. The average molecular weight is 303 g/mol. The van der Waals surface area contributed by atoms with Crippen molar-refractivity contribution in [2.75, 3.05) is 13.2 Å². The summed E-state index contributed by atoms with van der Waals surface area (Å²) in [5, 5.41) is 2.51. The van der Waals surface area contributed by atoms with Crippen LogP contribution in [0.3, 0.4) is 0 Å². The summed E-state index contributed by atoms with van der Waals surface area (Å²) < 4.78 is 5.51. The van der Waals surface area contributed by atoms with Gasteiger partial charge in [-0.05, 0) is 31.2 Å². The predicted octanol–water partition coefficient (Wildman–Crippen LogP) is 5.10. The van der Waals surface area contributed by atoms with Gasteiger partial charge in [-0.2, -0.15) is 0 Å². The van der Waals surface area contributed by atoms with Crippen LogP contribution in [-0.4, -0.2) is 18.2 Å². The van der Waals surface area contributed by atoms with E-state index in [1.54, 1.807) is 0 Å². The highest BCUT2D eigenvalue weighted by molar-refractivity contribution is 5.94. The summed E-state index contributed by atoms with van der Waals surface area (Å²) >= 11 is 0. The Bertz CT molecular complexity index is 817. The molecule has 23 heavy (non-hydrogen) atoms. The van der Waals surface area contributed by atoms with Crippen LogP contribution in [-0.2, 0) is 4.74 Å². The molecule has 116 valence electrons. The summed E-state index contributed by atoms with van der Waals surface area (Å²) in [6.45, 7) is 3.81. The van der Waals surface area contributed by atoms with Gasteiger partial charge in [0.1, 0.15) is 0 Å². The smallest absolute Gasteiger partial charge is 0.0783 e. The molecule has 0 spiro atoms. The molecule has 0 amide bonds. The van der Waals surface area contributed by atoms with Gasteiger partial charge in [-0.15, -0.1) is 0 Å². The molecule has 1 saturated heterocycles. The van der Waals surface area contributed by atoms with Gasteiger partial charge >= 0.3 is 0 Å². The molecule has 3 aromatic rings. The molecule has 4 rings (SSSR count). The van der Waals surface area contributed by atoms with Crippen LogP contribution in [0.15, 0.2) is 54.6 Å². The Morgan fingerprint density at radius 3 is 2.48 bits per heavy atom. The van der Waals surface area contributed by atoms with E-state index in [4.69, 9.17) is 9.72 Å². The molecule has 0 saturated carbocycles. The number of pyridine rings is 1. The minimum Gasteiger partial charge on any atom is -0.381 e. The highest BCUT2D eigenvalue weighted by Gasteiger charge is 2.19. The third-order valence-electron chi connectivity index (χ3n) is 4.72. The number of hydrogen-bond acceptors (Lipinski definition) is 2. The van der Waals surface area contributed by atoms with Gasteiger partial charge in [0.05, 0.1) is 5.69 Å². The van der Waals surface area contributed by atoms with Crippen LogP contribution < -0.4 is 0 Å². The molecule has 0 aliphatic carbocycles. The topological polar surface area (TPSA) is 22.1 Å². The summed E-state index contributed by atoms with van der Waals surface area (Å²) in [5.74, 6) is 0.512. The molecule has 1 aliphatic rings. The summed E-state index contributed by atoms with van der Waals surface area (Å²) in [7, 11) is 0. The largest absolute Gasteiger partial charge is 0.381 e. The zero-order valence-electron chi connectivity index (χ0n) is 13.5. The molecular weight excluding hydrogens is 282 g/mol. The molecule has 2 nitrogen and oxygen atoms in total. The van der Waals surface area contributed by atoms with E-state index in [9.17, 15) is 0 Å². The zero-order valence-corrected chi connectivity index (χ0v) is 13.5. The fraction of sp³-hybridized carbons (Fsp3) is 0.286. The molecule has 0 N–H and O–H groups in total. The molecule has 0 bridgehead atoms. The van der Waals surface area contributed by atoms with Gasteiger partial charge in [0.2, 0.25) is 0 Å². The number of nitrogens with zero attached hydrogens (tertiary/aromatic N) is 1. The second-order valence-electron chi connectivity index (χ2n) is 6.37. The second-order valence-corrected chi connectivity index (χ2v) is 6.37. The fourth-order valence-corrected chi connectivity index (χ4v) is 3.35. The van der Waals surface area contributed by atoms with Gasteiger partial charge in [-0.25, -0.2) is 0 Å². The summed E-state index contributed by atoms with van der Waals surface area (Å²) in [6.07, 6.45) is 2.14. The van der Waals surface area contributed by atoms with E-state index in [0.717, 1.165) is 31.7 Å². The lowest BCUT2D eigenvalue weighted by Gasteiger charge is -2.22. The van der Waals surface area contributed by atoms with Crippen LogP contribution in [0.4, 0.5) is 0 Å². The van der Waals surface area contributed by atoms with E-state index in [1.165, 1.54) is 27.6 Å². The van der Waals surface area contributed by atoms with Gasteiger partial charge in [-0.3, -0.25) is 4.98 Å². The second kappa shape index (κ2) is 6.13. The Morgan fingerprint density at radius 1 is 0.957 bits per heavy atom. The molecule has 1 fully saturated rings. The van der Waals surface area contributed by atoms with E-state index >= 15 is 0 Å². The lowest BCUT2D eigenvalue weighted by Crippen LogP contribution is -2.15. The standard InChI is InChI=1S/C21H21NO/c1-15-6-8-17(9-7-15)21-19-5-3-2-4-18(19)14-20(22-21)16-10-12-23-13-11-16/h2-9,14,16H,10-13H2,1H3. The van der Waals surface area contributed by atoms with E-state index in [0.29, 0.717) is 5.92 Å². The summed E-state index contributed by atoms with van der Waals surface area (Å²) in [4.78, 5) is 5.07. The quantitative estimate of drug-likeness (QED) is 0.656. The molecule has 2 heteroatoms. The van der Waals surface area contributed by atoms with Crippen molar-refractivity contribution >= 4 is 10.8 Å². The molecule has 1 aromatic heterocycles. The van der Waals surface area contributed by atoms with Crippen molar-refractivity contribution in [2.24, 2.45) is 0 Å². The van der Waals surface area contributed by atoms with Gasteiger partial charge in [0.25, 0.3) is 0 Å². The number of ether oxygens (including phenoxy) is 1. The van der Waals surface area contributed by atoms with Crippen molar-refractivity contribution < 1.29 is 4.74 Å². The number of aromatic nitrogens is 1. The third-order valence-corrected chi connectivity index (χ3v) is 4.72. The normalized spacial score (nSPS) is 15.9. The Morgan fingerprint density at radius 2 is 1.70 bits per heavy atom. The molecule has 1 aliphatic heterocycles. The van der Waals surface area contributed by atoms with Crippen molar-refractivity contribution in [2.45, 2.75) is 25.7 Å². The molecule has 0 unspecified atom stereocenters. The highest BCUT2D eigenvalue weighted by Crippen LogP contribution is 2.33. The fourth-order valence-electron chi connectivity index (χ4n) is 3.35. The number of rotatable bonds is 2. The number of aryl methyl sites for hydroxylation is 1. The Hall–Kier alpha value is -2.19. The molecule has 2 heterocycles. The van der Waals surface area contributed by atoms with E-state index in [2.05, 4.69) is 61.5 Å². The first-order chi connectivity index (χ1) is 11.3. The van der Waals surface area contributed by atoms with Gasteiger partial charge in [0, 0.05) is 35.8 Å². The van der Waals surface area contributed by atoms with Crippen molar-refractivity contribution in [3.8, 4) is 11.3 Å². The molecule has 0 radical (unpaired) electrons. The third kappa shape index (κ3) is 2.87. The monoisotopic (exact) mass is 303 g/mol. The van der Waals surface area contributed by atoms with E-state index < -0.39 is 0 Å². The van der Waals surface area contributed by atoms with Crippen molar-refractivity contribution in [3.63, 3.8) is 0 Å². The maximum absolute atomic E-state index is 5.51. The van der Waals surface area contributed by atoms with Gasteiger partial charge in [-0.1, -0.05) is 54.1 Å². The number of hydrogen-bond donors (Lipinski definition) is 0. The maximum Gasteiger partial charge on any atom is 0.0783 e. The first-order valence-electron chi connectivity index (χ1n) is 8.36.